The molecule has 1 fully saturated rings. The lowest BCUT2D eigenvalue weighted by Crippen LogP contribution is -2.29. The summed E-state index contributed by atoms with van der Waals surface area (Å²) in [5.74, 6) is 0.0602. The van der Waals surface area contributed by atoms with Gasteiger partial charge in [-0.3, -0.25) is 4.79 Å². The van der Waals surface area contributed by atoms with Crippen molar-refractivity contribution >= 4 is 22.8 Å². The molecular weight excluding hydrogens is 232 g/mol. The smallest absolute Gasteiger partial charge is 0.305 e. The fourth-order valence-electron chi connectivity index (χ4n) is 2.17. The Balaban J connectivity index is 1.93. The summed E-state index contributed by atoms with van der Waals surface area (Å²) >= 11 is 0. The summed E-state index contributed by atoms with van der Waals surface area (Å²) in [6.07, 6.45) is 5.69. The van der Waals surface area contributed by atoms with E-state index in [-0.39, 0.29) is 6.42 Å². The quantitative estimate of drug-likeness (QED) is 0.876. The monoisotopic (exact) mass is 246 g/mol. The Morgan fingerprint density at radius 3 is 3.06 bits per heavy atom. The van der Waals surface area contributed by atoms with Gasteiger partial charge in [-0.2, -0.15) is 0 Å². The first-order valence-corrected chi connectivity index (χ1v) is 6.06. The molecule has 0 radical (unpaired) electrons. The third kappa shape index (κ3) is 2.03. The van der Waals surface area contributed by atoms with Crippen LogP contribution in [0.2, 0.25) is 0 Å². The van der Waals surface area contributed by atoms with E-state index in [1.807, 2.05) is 12.1 Å². The Kier molecular flexibility index (Phi) is 2.66. The van der Waals surface area contributed by atoms with E-state index in [2.05, 4.69) is 9.88 Å². The van der Waals surface area contributed by atoms with E-state index in [1.165, 1.54) is 0 Å². The van der Waals surface area contributed by atoms with Crippen molar-refractivity contribution in [2.75, 3.05) is 11.4 Å². The fraction of sp³-hybridized carbons (Fsp3) is 0.385. The van der Waals surface area contributed by atoms with E-state index >= 15 is 0 Å². The first-order chi connectivity index (χ1) is 8.75. The van der Waals surface area contributed by atoms with Gasteiger partial charge in [0.1, 0.15) is 11.4 Å². The van der Waals surface area contributed by atoms with E-state index in [1.54, 1.807) is 12.5 Å². The number of aliphatic carboxylic acids is 1. The van der Waals surface area contributed by atoms with E-state index in [4.69, 9.17) is 9.52 Å². The number of carbonyl (C=O) groups is 1. The second-order valence-corrected chi connectivity index (χ2v) is 4.54. The van der Waals surface area contributed by atoms with Crippen molar-refractivity contribution in [2.45, 2.75) is 25.3 Å². The molecule has 1 aliphatic rings. The highest BCUT2D eigenvalue weighted by atomic mass is 16.4. The van der Waals surface area contributed by atoms with Gasteiger partial charge in [-0.1, -0.05) is 0 Å². The van der Waals surface area contributed by atoms with Gasteiger partial charge in [-0.25, -0.2) is 4.98 Å². The predicted molar refractivity (Wildman–Crippen MR) is 66.6 cm³/mol. The summed E-state index contributed by atoms with van der Waals surface area (Å²) in [7, 11) is 0. The van der Waals surface area contributed by atoms with Gasteiger partial charge in [0.15, 0.2) is 0 Å². The molecule has 5 nitrogen and oxygen atoms in total. The molecule has 18 heavy (non-hydrogen) atoms. The van der Waals surface area contributed by atoms with Gasteiger partial charge in [0, 0.05) is 18.8 Å². The van der Waals surface area contributed by atoms with Crippen LogP contribution in [0.4, 0.5) is 5.82 Å². The summed E-state index contributed by atoms with van der Waals surface area (Å²) in [6.45, 7) is 0.497. The van der Waals surface area contributed by atoms with Crippen LogP contribution in [0.5, 0.6) is 0 Å². The van der Waals surface area contributed by atoms with Crippen LogP contribution in [0, 0.1) is 0 Å². The maximum absolute atomic E-state index is 10.7. The molecule has 3 rings (SSSR count). The minimum absolute atomic E-state index is 0.131. The molecule has 2 aromatic heterocycles. The first kappa shape index (κ1) is 11.1. The molecule has 0 aromatic carbocycles. The normalized spacial score (nSPS) is 14.9. The van der Waals surface area contributed by atoms with Crippen LogP contribution >= 0.6 is 0 Å². The minimum Gasteiger partial charge on any atom is -0.481 e. The number of furan rings is 1. The second-order valence-electron chi connectivity index (χ2n) is 4.54. The van der Waals surface area contributed by atoms with Crippen molar-refractivity contribution in [3.05, 3.63) is 24.6 Å². The summed E-state index contributed by atoms with van der Waals surface area (Å²) < 4.78 is 5.35. The van der Waals surface area contributed by atoms with Gasteiger partial charge >= 0.3 is 5.97 Å². The Morgan fingerprint density at radius 1 is 1.50 bits per heavy atom. The number of carboxylic acid groups (broad SMARTS) is 1. The number of hydrogen-bond acceptors (Lipinski definition) is 4. The Labute approximate surface area is 104 Å². The molecule has 5 heteroatoms. The molecule has 0 aliphatic heterocycles. The van der Waals surface area contributed by atoms with Crippen molar-refractivity contribution in [2.24, 2.45) is 0 Å². The van der Waals surface area contributed by atoms with Crippen molar-refractivity contribution < 1.29 is 14.3 Å². The van der Waals surface area contributed by atoms with Crippen LogP contribution in [0.15, 0.2) is 29.0 Å². The van der Waals surface area contributed by atoms with E-state index in [0.717, 1.165) is 29.6 Å². The van der Waals surface area contributed by atoms with Crippen molar-refractivity contribution in [1.82, 2.24) is 4.98 Å². The molecule has 94 valence electrons. The lowest BCUT2D eigenvalue weighted by Gasteiger charge is -2.23. The van der Waals surface area contributed by atoms with Gasteiger partial charge < -0.3 is 14.4 Å². The number of anilines is 1. The summed E-state index contributed by atoms with van der Waals surface area (Å²) in [5.41, 5.74) is 0.793. The summed E-state index contributed by atoms with van der Waals surface area (Å²) in [4.78, 5) is 17.2. The topological polar surface area (TPSA) is 66.6 Å². The lowest BCUT2D eigenvalue weighted by atomic mass is 10.2. The highest BCUT2D eigenvalue weighted by molar-refractivity contribution is 5.88. The maximum Gasteiger partial charge on any atom is 0.305 e. The van der Waals surface area contributed by atoms with Crippen LogP contribution in [0.1, 0.15) is 19.3 Å². The zero-order valence-corrected chi connectivity index (χ0v) is 9.87. The first-order valence-electron chi connectivity index (χ1n) is 6.06. The highest BCUT2D eigenvalue weighted by Crippen LogP contribution is 2.34. The number of pyridine rings is 1. The molecule has 0 saturated heterocycles. The van der Waals surface area contributed by atoms with Gasteiger partial charge in [-0.15, -0.1) is 0 Å². The standard InChI is InChI=1S/C13H14N2O3/c16-12(17)4-7-15(9-1-2-9)13-10-5-8-18-11(10)3-6-14-13/h3,5-6,8-9H,1-2,4,7H2,(H,16,17). The van der Waals surface area contributed by atoms with Crippen molar-refractivity contribution in [1.29, 1.82) is 0 Å². The fourth-order valence-corrected chi connectivity index (χ4v) is 2.17. The molecule has 0 atom stereocenters. The zero-order valence-electron chi connectivity index (χ0n) is 9.87. The average Bonchev–Trinajstić information content (AvgIpc) is 3.06. The number of nitrogens with zero attached hydrogens (tertiary/aromatic N) is 2. The summed E-state index contributed by atoms with van der Waals surface area (Å²) in [5, 5.41) is 9.77. The number of hydrogen-bond donors (Lipinski definition) is 1. The molecule has 0 amide bonds. The minimum atomic E-state index is -0.778. The molecule has 1 saturated carbocycles. The number of carboxylic acids is 1. The molecule has 0 bridgehead atoms. The lowest BCUT2D eigenvalue weighted by molar-refractivity contribution is -0.136. The van der Waals surface area contributed by atoms with Crippen molar-refractivity contribution in [3.8, 4) is 0 Å². The third-order valence-electron chi connectivity index (χ3n) is 3.19. The molecule has 2 heterocycles. The molecule has 2 aromatic rings. The van der Waals surface area contributed by atoms with Gasteiger partial charge in [0.2, 0.25) is 0 Å². The molecule has 1 aliphatic carbocycles. The van der Waals surface area contributed by atoms with E-state index in [0.29, 0.717) is 12.6 Å². The van der Waals surface area contributed by atoms with Gasteiger partial charge in [0.25, 0.3) is 0 Å². The van der Waals surface area contributed by atoms with E-state index < -0.39 is 5.97 Å². The number of aromatic nitrogens is 1. The molecular formula is C13H14N2O3. The SMILES string of the molecule is O=C(O)CCN(c1nccc2occc12)C1CC1. The Hall–Kier alpha value is -2.04. The Morgan fingerprint density at radius 2 is 2.33 bits per heavy atom. The van der Waals surface area contributed by atoms with Crippen LogP contribution in [-0.4, -0.2) is 28.6 Å². The number of rotatable bonds is 5. The van der Waals surface area contributed by atoms with Crippen molar-refractivity contribution in [3.63, 3.8) is 0 Å². The molecule has 1 N–H and O–H groups in total. The Bertz CT molecular complexity index is 574. The second kappa shape index (κ2) is 4.33. The predicted octanol–water partition coefficient (Wildman–Crippen LogP) is 2.27. The van der Waals surface area contributed by atoms with Gasteiger partial charge in [-0.05, 0) is 25.0 Å². The van der Waals surface area contributed by atoms with Crippen LogP contribution < -0.4 is 4.90 Å². The van der Waals surface area contributed by atoms with Gasteiger partial charge in [0.05, 0.1) is 18.1 Å². The van der Waals surface area contributed by atoms with Crippen LogP contribution in [0.25, 0.3) is 11.0 Å². The highest BCUT2D eigenvalue weighted by Gasteiger charge is 2.31. The summed E-state index contributed by atoms with van der Waals surface area (Å²) in [6, 6.07) is 4.13. The molecule has 0 spiro atoms. The average molecular weight is 246 g/mol. The van der Waals surface area contributed by atoms with Crippen LogP contribution in [0.3, 0.4) is 0 Å². The third-order valence-corrected chi connectivity index (χ3v) is 3.19. The molecule has 0 unspecified atom stereocenters. The zero-order chi connectivity index (χ0) is 12.5. The number of fused-ring (bicyclic) bond motifs is 1. The van der Waals surface area contributed by atoms with E-state index in [9.17, 15) is 4.79 Å². The largest absolute Gasteiger partial charge is 0.481 e. The maximum atomic E-state index is 10.7. The van der Waals surface area contributed by atoms with Crippen LogP contribution in [-0.2, 0) is 4.79 Å².